The fraction of sp³-hybridized carbons (Fsp3) is 0.167. The Hall–Kier alpha value is -3.75. The topological polar surface area (TPSA) is 99.1 Å². The first-order valence-electron chi connectivity index (χ1n) is 8.40. The van der Waals surface area contributed by atoms with E-state index in [1.54, 1.807) is 35.4 Å². The van der Waals surface area contributed by atoms with Crippen LogP contribution in [0.15, 0.2) is 66.1 Å². The van der Waals surface area contributed by atoms with Gasteiger partial charge in [0, 0.05) is 12.7 Å². The van der Waals surface area contributed by atoms with Gasteiger partial charge in [-0.3, -0.25) is 9.20 Å². The highest BCUT2D eigenvalue weighted by Crippen LogP contribution is 2.06. The van der Waals surface area contributed by atoms with Gasteiger partial charge in [0.1, 0.15) is 19.2 Å². The Morgan fingerprint density at radius 3 is 2.63 bits per heavy atom. The molecule has 4 rings (SSSR count). The molecule has 0 bridgehead atoms. The number of rotatable bonds is 6. The molecule has 3 aromatic heterocycles. The number of benzene rings is 1. The van der Waals surface area contributed by atoms with Gasteiger partial charge in [-0.25, -0.2) is 19.1 Å². The van der Waals surface area contributed by atoms with Gasteiger partial charge in [-0.2, -0.15) is 5.10 Å². The Kier molecular flexibility index (Phi) is 4.48. The maximum atomic E-state index is 12.2. The van der Waals surface area contributed by atoms with Crippen molar-refractivity contribution in [2.75, 3.05) is 0 Å². The molecular formula is C18H17N7O2. The maximum Gasteiger partial charge on any atom is 0.350 e. The van der Waals surface area contributed by atoms with Crippen molar-refractivity contribution in [3.05, 3.63) is 82.9 Å². The largest absolute Gasteiger partial charge is 0.350 e. The number of aromatic nitrogens is 6. The van der Waals surface area contributed by atoms with Crippen molar-refractivity contribution in [1.82, 2.24) is 34.3 Å². The average Bonchev–Trinajstić information content (AvgIpc) is 3.30. The molecule has 0 aliphatic heterocycles. The van der Waals surface area contributed by atoms with E-state index < -0.39 is 0 Å². The smallest absolute Gasteiger partial charge is 0.350 e. The van der Waals surface area contributed by atoms with Crippen molar-refractivity contribution < 1.29 is 4.79 Å². The lowest BCUT2D eigenvalue weighted by Crippen LogP contribution is -2.32. The van der Waals surface area contributed by atoms with Crippen LogP contribution in [-0.2, 0) is 24.4 Å². The number of hydrogen-bond acceptors (Lipinski definition) is 5. The van der Waals surface area contributed by atoms with E-state index in [1.807, 2.05) is 24.3 Å². The molecule has 0 fully saturated rings. The first kappa shape index (κ1) is 16.7. The van der Waals surface area contributed by atoms with E-state index in [-0.39, 0.29) is 18.1 Å². The van der Waals surface area contributed by atoms with Crippen molar-refractivity contribution in [3.8, 4) is 0 Å². The Labute approximate surface area is 153 Å². The van der Waals surface area contributed by atoms with Gasteiger partial charge in [0.05, 0.1) is 6.54 Å². The van der Waals surface area contributed by atoms with Gasteiger partial charge < -0.3 is 5.32 Å². The van der Waals surface area contributed by atoms with Crippen LogP contribution >= 0.6 is 0 Å². The number of pyridine rings is 1. The van der Waals surface area contributed by atoms with E-state index in [1.165, 1.54) is 10.7 Å². The van der Waals surface area contributed by atoms with Crippen LogP contribution in [-0.4, -0.2) is 34.9 Å². The van der Waals surface area contributed by atoms with Crippen molar-refractivity contribution in [3.63, 3.8) is 0 Å². The summed E-state index contributed by atoms with van der Waals surface area (Å²) in [4.78, 5) is 28.2. The summed E-state index contributed by atoms with van der Waals surface area (Å²) in [5.74, 6) is -0.271. The fourth-order valence-corrected chi connectivity index (χ4v) is 2.73. The number of amides is 1. The monoisotopic (exact) mass is 363 g/mol. The molecule has 0 unspecified atom stereocenters. The second kappa shape index (κ2) is 7.24. The normalized spacial score (nSPS) is 11.0. The molecule has 0 spiro atoms. The summed E-state index contributed by atoms with van der Waals surface area (Å²) in [6.07, 6.45) is 4.79. The molecule has 0 atom stereocenters. The highest BCUT2D eigenvalue weighted by molar-refractivity contribution is 5.75. The molecule has 0 aliphatic carbocycles. The van der Waals surface area contributed by atoms with Gasteiger partial charge >= 0.3 is 5.69 Å². The van der Waals surface area contributed by atoms with Crippen LogP contribution in [0.5, 0.6) is 0 Å². The van der Waals surface area contributed by atoms with E-state index in [9.17, 15) is 9.59 Å². The molecule has 0 saturated carbocycles. The summed E-state index contributed by atoms with van der Waals surface area (Å²) < 4.78 is 4.30. The van der Waals surface area contributed by atoms with Crippen LogP contribution < -0.4 is 11.0 Å². The molecule has 27 heavy (non-hydrogen) atoms. The number of carbonyl (C=O) groups is 1. The lowest BCUT2D eigenvalue weighted by atomic mass is 10.1. The van der Waals surface area contributed by atoms with Gasteiger partial charge in [0.25, 0.3) is 0 Å². The van der Waals surface area contributed by atoms with E-state index >= 15 is 0 Å². The minimum atomic E-state index is -0.335. The minimum Gasteiger partial charge on any atom is -0.350 e. The highest BCUT2D eigenvalue weighted by atomic mass is 16.2. The third-order valence-electron chi connectivity index (χ3n) is 4.11. The average molecular weight is 363 g/mol. The zero-order valence-electron chi connectivity index (χ0n) is 14.4. The molecule has 1 amide bonds. The summed E-state index contributed by atoms with van der Waals surface area (Å²) in [7, 11) is 0. The van der Waals surface area contributed by atoms with Crippen LogP contribution in [0.4, 0.5) is 0 Å². The minimum absolute atomic E-state index is 0.120. The molecule has 136 valence electrons. The first-order chi connectivity index (χ1) is 13.2. The van der Waals surface area contributed by atoms with Crippen LogP contribution in [0, 0.1) is 0 Å². The molecular weight excluding hydrogens is 346 g/mol. The van der Waals surface area contributed by atoms with Crippen molar-refractivity contribution in [2.45, 2.75) is 19.6 Å². The maximum absolute atomic E-state index is 12.2. The van der Waals surface area contributed by atoms with Gasteiger partial charge in [0.15, 0.2) is 5.65 Å². The zero-order valence-corrected chi connectivity index (χ0v) is 14.4. The highest BCUT2D eigenvalue weighted by Gasteiger charge is 2.10. The van der Waals surface area contributed by atoms with Crippen LogP contribution in [0.25, 0.3) is 5.65 Å². The number of nitrogens with zero attached hydrogens (tertiary/aromatic N) is 6. The zero-order chi connectivity index (χ0) is 18.6. The molecule has 3 heterocycles. The number of hydrogen-bond donors (Lipinski definition) is 1. The molecule has 0 saturated heterocycles. The second-order valence-corrected chi connectivity index (χ2v) is 6.06. The summed E-state index contributed by atoms with van der Waals surface area (Å²) in [5.41, 5.74) is 2.23. The summed E-state index contributed by atoms with van der Waals surface area (Å²) in [6.45, 7) is 0.902. The van der Waals surface area contributed by atoms with E-state index in [2.05, 4.69) is 20.5 Å². The number of fused-ring (bicyclic) bond motifs is 1. The summed E-state index contributed by atoms with van der Waals surface area (Å²) >= 11 is 0. The fourth-order valence-electron chi connectivity index (χ4n) is 2.73. The molecule has 9 nitrogen and oxygen atoms in total. The predicted octanol–water partition coefficient (Wildman–Crippen LogP) is 0.452. The summed E-state index contributed by atoms with van der Waals surface area (Å²) in [5, 5.41) is 11.0. The predicted molar refractivity (Wildman–Crippen MR) is 96.9 cm³/mol. The van der Waals surface area contributed by atoms with Gasteiger partial charge in [0.2, 0.25) is 5.91 Å². The van der Waals surface area contributed by atoms with E-state index in [0.717, 1.165) is 15.8 Å². The Bertz CT molecular complexity index is 1110. The van der Waals surface area contributed by atoms with Crippen molar-refractivity contribution >= 4 is 11.6 Å². The first-order valence-corrected chi connectivity index (χ1v) is 8.40. The Balaban J connectivity index is 1.34. The summed E-state index contributed by atoms with van der Waals surface area (Å²) in [6, 6.07) is 13.1. The number of nitrogens with one attached hydrogen (secondary N) is 1. The van der Waals surface area contributed by atoms with E-state index in [0.29, 0.717) is 18.7 Å². The lowest BCUT2D eigenvalue weighted by molar-refractivity contribution is -0.122. The van der Waals surface area contributed by atoms with Gasteiger partial charge in [-0.05, 0) is 23.3 Å². The third-order valence-corrected chi connectivity index (χ3v) is 4.11. The van der Waals surface area contributed by atoms with Crippen LogP contribution in [0.3, 0.4) is 0 Å². The van der Waals surface area contributed by atoms with Crippen molar-refractivity contribution in [2.24, 2.45) is 0 Å². The lowest BCUT2D eigenvalue weighted by Gasteiger charge is -2.06. The molecule has 0 aliphatic rings. The number of carbonyl (C=O) groups excluding carboxylic acids is 1. The standard InChI is InChI=1S/C18H17N7O2/c26-17(11-25-18(27)24-8-2-1-3-16(24)22-25)20-9-14-4-6-15(7-5-14)10-23-13-19-12-21-23/h1-8,12-13H,9-11H2,(H,20,26). The third kappa shape index (κ3) is 3.76. The van der Waals surface area contributed by atoms with Gasteiger partial charge in [-0.1, -0.05) is 30.3 Å². The molecule has 4 aromatic rings. The molecule has 0 radical (unpaired) electrons. The van der Waals surface area contributed by atoms with Crippen molar-refractivity contribution in [1.29, 1.82) is 0 Å². The molecule has 1 aromatic carbocycles. The van der Waals surface area contributed by atoms with Crippen LogP contribution in [0.1, 0.15) is 11.1 Å². The second-order valence-electron chi connectivity index (χ2n) is 6.06. The Morgan fingerprint density at radius 1 is 1.07 bits per heavy atom. The molecule has 9 heteroatoms. The quantitative estimate of drug-likeness (QED) is 0.536. The van der Waals surface area contributed by atoms with Crippen LogP contribution in [0.2, 0.25) is 0 Å². The van der Waals surface area contributed by atoms with Gasteiger partial charge in [-0.15, -0.1) is 5.10 Å². The Morgan fingerprint density at radius 2 is 1.89 bits per heavy atom. The molecule has 1 N–H and O–H groups in total. The van der Waals surface area contributed by atoms with E-state index in [4.69, 9.17) is 0 Å². The SMILES string of the molecule is O=C(Cn1nc2ccccn2c1=O)NCc1ccc(Cn2cncn2)cc1.